The van der Waals surface area contributed by atoms with E-state index in [9.17, 15) is 15.0 Å². The number of unbranched alkanes of at least 4 members (excludes halogenated alkanes) is 14. The van der Waals surface area contributed by atoms with E-state index in [1.54, 1.807) is 5.57 Å². The second kappa shape index (κ2) is 36.1. The molecule has 5 nitrogen and oxygen atoms in total. The number of ether oxygens (including phenoxy) is 1. The summed E-state index contributed by atoms with van der Waals surface area (Å²) in [5.74, 6) is 4.91. The summed E-state index contributed by atoms with van der Waals surface area (Å²) in [7, 11) is 0. The van der Waals surface area contributed by atoms with Crippen LogP contribution >= 0.6 is 0 Å². The molecule has 0 aromatic heterocycles. The van der Waals surface area contributed by atoms with E-state index in [-0.39, 0.29) is 17.5 Å². The first kappa shape index (κ1) is 62.6. The van der Waals surface area contributed by atoms with Crippen LogP contribution < -0.4 is 0 Å². The Morgan fingerprint density at radius 3 is 1.75 bits per heavy atom. The van der Waals surface area contributed by atoms with Crippen molar-refractivity contribution in [3.8, 4) is 0 Å². The van der Waals surface area contributed by atoms with Gasteiger partial charge in [0.25, 0.3) is 0 Å². The van der Waals surface area contributed by atoms with Gasteiger partial charge in [-0.1, -0.05) is 192 Å². The molecule has 0 radical (unpaired) electrons. The fourth-order valence-electron chi connectivity index (χ4n) is 14.5. The third kappa shape index (κ3) is 22.7. The molecule has 4 rings (SSSR count). The third-order valence-corrected chi connectivity index (χ3v) is 18.8. The number of esters is 1. The largest absolute Gasteiger partial charge is 0.462 e. The van der Waals surface area contributed by atoms with E-state index in [2.05, 4.69) is 108 Å². The molecule has 8 unspecified atom stereocenters. The smallest absolute Gasteiger partial charge is 0.306 e. The molecule has 5 heteroatoms. The summed E-state index contributed by atoms with van der Waals surface area (Å²) in [4.78, 5) is 15.7. The molecule has 0 aromatic rings. The number of hydrogen-bond acceptors (Lipinski definition) is 5. The average molecular weight is 1000 g/mol. The van der Waals surface area contributed by atoms with Gasteiger partial charge in [0.15, 0.2) is 0 Å². The number of hydrogen-bond donors (Lipinski definition) is 2. The van der Waals surface area contributed by atoms with Crippen molar-refractivity contribution in [2.75, 3.05) is 19.6 Å². The van der Waals surface area contributed by atoms with Crippen molar-refractivity contribution in [1.29, 1.82) is 0 Å². The Balaban J connectivity index is 1.19. The number of aliphatic hydroxyl groups excluding tert-OH is 2. The van der Waals surface area contributed by atoms with Crippen molar-refractivity contribution in [1.82, 2.24) is 4.90 Å². The lowest BCUT2D eigenvalue weighted by Gasteiger charge is -2.58. The number of allylic oxidation sites excluding steroid dienone is 9. The summed E-state index contributed by atoms with van der Waals surface area (Å²) < 4.78 is 6.29. The lowest BCUT2D eigenvalue weighted by Crippen LogP contribution is -2.51. The van der Waals surface area contributed by atoms with Gasteiger partial charge in [0.2, 0.25) is 0 Å². The van der Waals surface area contributed by atoms with Crippen LogP contribution in [0.15, 0.2) is 60.3 Å². The van der Waals surface area contributed by atoms with Crippen molar-refractivity contribution in [2.24, 2.45) is 46.3 Å². The van der Waals surface area contributed by atoms with Crippen molar-refractivity contribution < 1.29 is 19.7 Å². The maximum Gasteiger partial charge on any atom is 0.306 e. The number of rotatable bonds is 40. The molecule has 2 N–H and O–H groups in total. The summed E-state index contributed by atoms with van der Waals surface area (Å²) in [6.07, 6.45) is 60.7. The van der Waals surface area contributed by atoms with Gasteiger partial charge in [0.05, 0.1) is 12.2 Å². The molecule has 4 aliphatic carbocycles. The van der Waals surface area contributed by atoms with Gasteiger partial charge in [0, 0.05) is 25.9 Å². The fourth-order valence-corrected chi connectivity index (χ4v) is 14.5. The van der Waals surface area contributed by atoms with E-state index in [0.717, 1.165) is 119 Å². The van der Waals surface area contributed by atoms with Crippen LogP contribution in [-0.2, 0) is 9.53 Å². The minimum absolute atomic E-state index is 0.0129. The van der Waals surface area contributed by atoms with Crippen LogP contribution in [0.5, 0.6) is 0 Å². The number of fused-ring (bicyclic) bond motifs is 5. The molecular weight excluding hydrogens is 883 g/mol. The lowest BCUT2D eigenvalue weighted by atomic mass is 9.47. The second-order valence-corrected chi connectivity index (χ2v) is 25.1. The Morgan fingerprint density at radius 1 is 0.639 bits per heavy atom. The molecule has 0 aromatic carbocycles. The lowest BCUT2D eigenvalue weighted by molar-refractivity contribution is -0.151. The van der Waals surface area contributed by atoms with Crippen LogP contribution in [0, 0.1) is 46.3 Å². The molecule has 4 aliphatic rings. The topological polar surface area (TPSA) is 70.0 Å². The van der Waals surface area contributed by atoms with E-state index >= 15 is 0 Å². The SMILES string of the molecule is CCCCC/C=C\C/C=C/CCCCCC[C@H](O)CN(CCCC(=O)OC1CCC2(C)C(=CCC3C2CCC2(C)C(C(C)CCCC(C)C)CCC32)C1)C[C@@H](O)CCCCCC/C=C/C/C=C\CCCCC. The third-order valence-electron chi connectivity index (χ3n) is 18.8. The standard InChI is InChI=1S/C67H117NO4/c1-8-10-12-14-16-18-20-22-24-26-28-30-32-34-40-58(69)53-68(54-59(70)41-35-33-31-29-27-25-23-21-19-17-15-13-11-9-2)51-37-42-65(71)72-60-47-49-66(6)57(52-60)43-44-61-63-46-45-62(56(5)39-36-38-55(3)4)67(63,7)50-48-64(61)66/h16-19,22-25,43,55-56,58-64,69-70H,8-15,20-21,26-42,44-54H2,1-7H3/b18-16-,19-17-,24-22+,25-23+/t56?,58-,59-,60?,61?,62?,63?,64?,66?,67?/m0/s1. The van der Waals surface area contributed by atoms with Gasteiger partial charge in [0.1, 0.15) is 6.10 Å². The highest BCUT2D eigenvalue weighted by atomic mass is 16.5. The zero-order valence-corrected chi connectivity index (χ0v) is 48.4. The van der Waals surface area contributed by atoms with Crippen LogP contribution in [0.4, 0.5) is 0 Å². The minimum Gasteiger partial charge on any atom is -0.462 e. The van der Waals surface area contributed by atoms with Crippen LogP contribution in [0.25, 0.3) is 0 Å². The number of carbonyl (C=O) groups is 1. The minimum atomic E-state index is -0.422. The quantitative estimate of drug-likeness (QED) is 0.0364. The van der Waals surface area contributed by atoms with Gasteiger partial charge >= 0.3 is 5.97 Å². The van der Waals surface area contributed by atoms with E-state index in [0.29, 0.717) is 37.9 Å². The first-order valence-electron chi connectivity index (χ1n) is 31.5. The van der Waals surface area contributed by atoms with Gasteiger partial charge in [-0.2, -0.15) is 0 Å². The molecule has 0 spiro atoms. The Kier molecular flexibility index (Phi) is 31.4. The Morgan fingerprint density at radius 2 is 1.19 bits per heavy atom. The molecule has 10 atom stereocenters. The summed E-state index contributed by atoms with van der Waals surface area (Å²) >= 11 is 0. The number of nitrogens with zero attached hydrogens (tertiary/aromatic N) is 1. The maximum atomic E-state index is 13.5. The van der Waals surface area contributed by atoms with Crippen molar-refractivity contribution >= 4 is 5.97 Å². The highest BCUT2D eigenvalue weighted by molar-refractivity contribution is 5.69. The van der Waals surface area contributed by atoms with Gasteiger partial charge in [-0.15, -0.1) is 0 Å². The molecule has 3 saturated carbocycles. The van der Waals surface area contributed by atoms with Crippen molar-refractivity contribution in [3.63, 3.8) is 0 Å². The van der Waals surface area contributed by atoms with Gasteiger partial charge in [-0.05, 0) is 181 Å². The normalized spacial score (nSPS) is 26.8. The van der Waals surface area contributed by atoms with Gasteiger partial charge in [-0.3, -0.25) is 9.69 Å². The highest BCUT2D eigenvalue weighted by Gasteiger charge is 2.59. The first-order chi connectivity index (χ1) is 34.9. The molecule has 0 amide bonds. The van der Waals surface area contributed by atoms with Gasteiger partial charge in [-0.25, -0.2) is 0 Å². The summed E-state index contributed by atoms with van der Waals surface area (Å²) in [5, 5.41) is 22.5. The summed E-state index contributed by atoms with van der Waals surface area (Å²) in [5.41, 5.74) is 2.34. The Bertz CT molecular complexity index is 1520. The fraction of sp³-hybridized carbons (Fsp3) is 0.836. The zero-order valence-electron chi connectivity index (χ0n) is 48.4. The van der Waals surface area contributed by atoms with E-state index < -0.39 is 12.2 Å². The first-order valence-corrected chi connectivity index (χ1v) is 31.5. The van der Waals surface area contributed by atoms with Crippen molar-refractivity contribution in [3.05, 3.63) is 60.3 Å². The predicted octanol–water partition coefficient (Wildman–Crippen LogP) is 18.6. The van der Waals surface area contributed by atoms with Gasteiger partial charge < -0.3 is 14.9 Å². The monoisotopic (exact) mass is 1000 g/mol. The predicted molar refractivity (Wildman–Crippen MR) is 310 cm³/mol. The molecule has 0 heterocycles. The summed E-state index contributed by atoms with van der Waals surface area (Å²) in [6.45, 7) is 18.9. The highest BCUT2D eigenvalue weighted by Crippen LogP contribution is 2.67. The molecule has 0 saturated heterocycles. The van der Waals surface area contributed by atoms with E-state index in [1.165, 1.54) is 128 Å². The van der Waals surface area contributed by atoms with E-state index in [4.69, 9.17) is 4.74 Å². The zero-order chi connectivity index (χ0) is 51.9. The number of aliphatic hydroxyl groups is 2. The van der Waals surface area contributed by atoms with Crippen LogP contribution in [-0.4, -0.2) is 59.0 Å². The average Bonchev–Trinajstić information content (AvgIpc) is 3.71. The van der Waals surface area contributed by atoms with Crippen molar-refractivity contribution in [2.45, 2.75) is 292 Å². The van der Waals surface area contributed by atoms with Crippen LogP contribution in [0.2, 0.25) is 0 Å². The maximum absolute atomic E-state index is 13.5. The van der Waals surface area contributed by atoms with E-state index in [1.807, 2.05) is 0 Å². The molecule has 72 heavy (non-hydrogen) atoms. The van der Waals surface area contributed by atoms with Crippen LogP contribution in [0.1, 0.15) is 273 Å². The molecule has 3 fully saturated rings. The molecule has 414 valence electrons. The molecule has 0 bridgehead atoms. The summed E-state index contributed by atoms with van der Waals surface area (Å²) in [6, 6.07) is 0. The Hall–Kier alpha value is -1.95. The number of carbonyl (C=O) groups excluding carboxylic acids is 1. The molecular formula is C67H117NO4. The Labute approximate surface area is 446 Å². The van der Waals surface area contributed by atoms with Crippen LogP contribution in [0.3, 0.4) is 0 Å². The molecule has 0 aliphatic heterocycles. The second-order valence-electron chi connectivity index (χ2n) is 25.1.